The Labute approximate surface area is 84.7 Å². The Morgan fingerprint density at radius 2 is 2.14 bits per heavy atom. The van der Waals surface area contributed by atoms with Crippen molar-refractivity contribution >= 4 is 0 Å². The normalized spacial score (nSPS) is 14.4. The van der Waals surface area contributed by atoms with E-state index >= 15 is 0 Å². The highest BCUT2D eigenvalue weighted by Gasteiger charge is 2.16. The Morgan fingerprint density at radius 1 is 1.29 bits per heavy atom. The van der Waals surface area contributed by atoms with Gasteiger partial charge in [-0.05, 0) is 55.3 Å². The second kappa shape index (κ2) is 4.01. The minimum Gasteiger partial charge on any atom is -0.507 e. The Balaban J connectivity index is 2.26. The molecule has 3 N–H and O–H groups in total. The van der Waals surface area contributed by atoms with Crippen molar-refractivity contribution in [1.29, 1.82) is 0 Å². The fraction of sp³-hybridized carbons (Fsp3) is 0.500. The number of phenolic OH excluding ortho intramolecular Hbond substituents is 1. The largest absolute Gasteiger partial charge is 0.507 e. The Bertz CT molecular complexity index is 333. The minimum absolute atomic E-state index is 0.536. The van der Waals surface area contributed by atoms with Crippen LogP contribution in [0.3, 0.4) is 0 Å². The molecule has 0 radical (unpaired) electrons. The molecule has 2 rings (SSSR count). The number of hydrogen-bond donors (Lipinski definition) is 2. The smallest absolute Gasteiger partial charge is 0.122 e. The lowest BCUT2D eigenvalue weighted by Gasteiger charge is -2.08. The molecule has 1 aliphatic carbocycles. The van der Waals surface area contributed by atoms with Gasteiger partial charge in [0.25, 0.3) is 0 Å². The molecule has 1 aromatic carbocycles. The summed E-state index contributed by atoms with van der Waals surface area (Å²) < 4.78 is 0. The van der Waals surface area contributed by atoms with Crippen molar-refractivity contribution in [3.8, 4) is 5.75 Å². The molecule has 2 nitrogen and oxygen atoms in total. The van der Waals surface area contributed by atoms with Crippen LogP contribution in [-0.2, 0) is 19.3 Å². The molecule has 0 heterocycles. The number of aryl methyl sites for hydroxylation is 2. The summed E-state index contributed by atoms with van der Waals surface area (Å²) in [6, 6.07) is 4.21. The highest BCUT2D eigenvalue weighted by atomic mass is 16.3. The minimum atomic E-state index is 0.536. The molecule has 0 aliphatic heterocycles. The standard InChI is InChI=1S/C12H17NO/c13-8-2-4-10-7-6-9-3-1-5-11(9)12(10)14/h6-7,14H,1-5,8,13H2. The Kier molecular flexibility index (Phi) is 2.73. The predicted octanol–water partition coefficient (Wildman–Crippen LogP) is 1.77. The van der Waals surface area contributed by atoms with E-state index in [4.69, 9.17) is 5.73 Å². The van der Waals surface area contributed by atoms with Gasteiger partial charge >= 0.3 is 0 Å². The van der Waals surface area contributed by atoms with E-state index in [1.165, 1.54) is 17.5 Å². The SMILES string of the molecule is NCCCc1ccc2c(c1O)CCC2. The first kappa shape index (κ1) is 9.53. The lowest BCUT2D eigenvalue weighted by Crippen LogP contribution is -2.01. The zero-order chi connectivity index (χ0) is 9.97. The zero-order valence-corrected chi connectivity index (χ0v) is 8.42. The van der Waals surface area contributed by atoms with E-state index in [2.05, 4.69) is 12.1 Å². The van der Waals surface area contributed by atoms with Gasteiger partial charge in [0.15, 0.2) is 0 Å². The summed E-state index contributed by atoms with van der Waals surface area (Å²) in [4.78, 5) is 0. The first-order valence-corrected chi connectivity index (χ1v) is 5.35. The fourth-order valence-corrected chi connectivity index (χ4v) is 2.19. The number of rotatable bonds is 3. The third-order valence-corrected chi connectivity index (χ3v) is 2.99. The molecule has 0 atom stereocenters. The van der Waals surface area contributed by atoms with Crippen LogP contribution in [-0.4, -0.2) is 11.7 Å². The second-order valence-corrected chi connectivity index (χ2v) is 3.96. The highest BCUT2D eigenvalue weighted by molar-refractivity contribution is 5.47. The molecular formula is C12H17NO. The van der Waals surface area contributed by atoms with Crippen LogP contribution in [0.25, 0.3) is 0 Å². The number of aromatic hydroxyl groups is 1. The van der Waals surface area contributed by atoms with Gasteiger partial charge < -0.3 is 10.8 Å². The summed E-state index contributed by atoms with van der Waals surface area (Å²) in [6.07, 6.45) is 5.20. The molecule has 0 spiro atoms. The molecule has 1 aliphatic rings. The summed E-state index contributed by atoms with van der Waals surface area (Å²) in [5, 5.41) is 10.00. The average Bonchev–Trinajstić information content (AvgIpc) is 2.66. The molecule has 0 bridgehead atoms. The van der Waals surface area contributed by atoms with Crippen LogP contribution in [0, 0.1) is 0 Å². The first-order chi connectivity index (χ1) is 6.83. The van der Waals surface area contributed by atoms with Crippen LogP contribution in [0.5, 0.6) is 5.75 Å². The van der Waals surface area contributed by atoms with Gasteiger partial charge in [-0.2, -0.15) is 0 Å². The monoisotopic (exact) mass is 191 g/mol. The van der Waals surface area contributed by atoms with Crippen molar-refractivity contribution in [3.05, 3.63) is 28.8 Å². The van der Waals surface area contributed by atoms with Gasteiger partial charge in [-0.1, -0.05) is 12.1 Å². The van der Waals surface area contributed by atoms with Crippen LogP contribution < -0.4 is 5.73 Å². The Hall–Kier alpha value is -1.02. The van der Waals surface area contributed by atoms with E-state index in [-0.39, 0.29) is 0 Å². The van der Waals surface area contributed by atoms with E-state index in [9.17, 15) is 5.11 Å². The lowest BCUT2D eigenvalue weighted by molar-refractivity contribution is 0.461. The molecule has 76 valence electrons. The van der Waals surface area contributed by atoms with E-state index in [1.807, 2.05) is 0 Å². The molecule has 0 saturated heterocycles. The highest BCUT2D eigenvalue weighted by Crippen LogP contribution is 2.33. The molecule has 2 heteroatoms. The maximum Gasteiger partial charge on any atom is 0.122 e. The summed E-state index contributed by atoms with van der Waals surface area (Å²) in [5.41, 5.74) is 9.04. The molecular weight excluding hydrogens is 174 g/mol. The number of fused-ring (bicyclic) bond motifs is 1. The van der Waals surface area contributed by atoms with Crippen molar-refractivity contribution in [2.45, 2.75) is 32.1 Å². The van der Waals surface area contributed by atoms with E-state index in [0.717, 1.165) is 31.2 Å². The number of hydrogen-bond acceptors (Lipinski definition) is 2. The first-order valence-electron chi connectivity index (χ1n) is 5.35. The van der Waals surface area contributed by atoms with Gasteiger partial charge in [-0.15, -0.1) is 0 Å². The number of phenols is 1. The molecule has 0 saturated carbocycles. The van der Waals surface area contributed by atoms with Crippen molar-refractivity contribution in [3.63, 3.8) is 0 Å². The van der Waals surface area contributed by atoms with Crippen LogP contribution in [0.1, 0.15) is 29.5 Å². The summed E-state index contributed by atoms with van der Waals surface area (Å²) >= 11 is 0. The van der Waals surface area contributed by atoms with Crippen molar-refractivity contribution in [2.75, 3.05) is 6.54 Å². The van der Waals surface area contributed by atoms with Crippen LogP contribution in [0.2, 0.25) is 0 Å². The summed E-state index contributed by atoms with van der Waals surface area (Å²) in [5.74, 6) is 0.536. The number of benzene rings is 1. The third-order valence-electron chi connectivity index (χ3n) is 2.99. The van der Waals surface area contributed by atoms with Crippen molar-refractivity contribution in [2.24, 2.45) is 5.73 Å². The maximum atomic E-state index is 10.00. The summed E-state index contributed by atoms with van der Waals surface area (Å²) in [6.45, 7) is 0.691. The van der Waals surface area contributed by atoms with E-state index < -0.39 is 0 Å². The van der Waals surface area contributed by atoms with Gasteiger partial charge in [0, 0.05) is 0 Å². The van der Waals surface area contributed by atoms with Gasteiger partial charge in [-0.3, -0.25) is 0 Å². The van der Waals surface area contributed by atoms with Crippen LogP contribution in [0.15, 0.2) is 12.1 Å². The van der Waals surface area contributed by atoms with Crippen molar-refractivity contribution in [1.82, 2.24) is 0 Å². The quantitative estimate of drug-likeness (QED) is 0.765. The molecule has 0 aromatic heterocycles. The van der Waals surface area contributed by atoms with Crippen LogP contribution in [0.4, 0.5) is 0 Å². The Morgan fingerprint density at radius 3 is 2.93 bits per heavy atom. The van der Waals surface area contributed by atoms with Gasteiger partial charge in [-0.25, -0.2) is 0 Å². The summed E-state index contributed by atoms with van der Waals surface area (Å²) in [7, 11) is 0. The predicted molar refractivity (Wildman–Crippen MR) is 57.5 cm³/mol. The maximum absolute atomic E-state index is 10.00. The molecule has 0 unspecified atom stereocenters. The average molecular weight is 191 g/mol. The van der Waals surface area contributed by atoms with Gasteiger partial charge in [0.1, 0.15) is 5.75 Å². The fourth-order valence-electron chi connectivity index (χ4n) is 2.19. The molecule has 0 fully saturated rings. The van der Waals surface area contributed by atoms with Gasteiger partial charge in [0.2, 0.25) is 0 Å². The van der Waals surface area contributed by atoms with Crippen LogP contribution >= 0.6 is 0 Å². The zero-order valence-electron chi connectivity index (χ0n) is 8.42. The van der Waals surface area contributed by atoms with E-state index in [1.54, 1.807) is 0 Å². The lowest BCUT2D eigenvalue weighted by atomic mass is 10.0. The number of nitrogens with two attached hydrogens (primary N) is 1. The van der Waals surface area contributed by atoms with Gasteiger partial charge in [0.05, 0.1) is 0 Å². The third kappa shape index (κ3) is 1.62. The second-order valence-electron chi connectivity index (χ2n) is 3.96. The molecule has 0 amide bonds. The van der Waals surface area contributed by atoms with E-state index in [0.29, 0.717) is 12.3 Å². The molecule has 14 heavy (non-hydrogen) atoms. The van der Waals surface area contributed by atoms with Crippen molar-refractivity contribution < 1.29 is 5.11 Å². The topological polar surface area (TPSA) is 46.2 Å². The molecule has 1 aromatic rings.